The predicted molar refractivity (Wildman–Crippen MR) is 91.5 cm³/mol. The minimum absolute atomic E-state index is 0.0764. The summed E-state index contributed by atoms with van der Waals surface area (Å²) in [5, 5.41) is 2.91. The molecule has 3 rings (SSSR count). The van der Waals surface area contributed by atoms with Gasteiger partial charge in [0.25, 0.3) is 5.91 Å². The van der Waals surface area contributed by atoms with Crippen LogP contribution in [0.3, 0.4) is 0 Å². The van der Waals surface area contributed by atoms with Gasteiger partial charge in [0.1, 0.15) is 6.61 Å². The molecule has 2 atom stereocenters. The maximum Gasteiger partial charge on any atom is 0.251 e. The van der Waals surface area contributed by atoms with Crippen molar-refractivity contribution in [2.24, 2.45) is 0 Å². The first kappa shape index (κ1) is 17.2. The summed E-state index contributed by atoms with van der Waals surface area (Å²) < 4.78 is 7.53. The van der Waals surface area contributed by atoms with E-state index in [0.29, 0.717) is 6.54 Å². The molecule has 0 bridgehead atoms. The number of nitrogens with zero attached hydrogens (tertiary/aromatic N) is 3. The fourth-order valence-corrected chi connectivity index (χ4v) is 2.97. The fourth-order valence-electron chi connectivity index (χ4n) is 2.97. The SMILES string of the molecule is CN1C(=O)CO[C@@H](C(=O)NCCCn2ccnc2)[C@@H]1c1ccccc1. The van der Waals surface area contributed by atoms with Gasteiger partial charge in [0, 0.05) is 32.5 Å². The minimum atomic E-state index is -0.710. The maximum absolute atomic E-state index is 12.6. The Hall–Kier alpha value is -2.67. The molecular weight excluding hydrogens is 320 g/mol. The zero-order chi connectivity index (χ0) is 17.6. The summed E-state index contributed by atoms with van der Waals surface area (Å²) in [5.41, 5.74) is 0.886. The summed E-state index contributed by atoms with van der Waals surface area (Å²) in [6.07, 6.45) is 5.44. The molecule has 0 saturated carbocycles. The second-order valence-corrected chi connectivity index (χ2v) is 6.04. The molecule has 7 nitrogen and oxygen atoms in total. The van der Waals surface area contributed by atoms with Gasteiger partial charge in [-0.25, -0.2) is 4.98 Å². The van der Waals surface area contributed by atoms with Gasteiger partial charge in [0.05, 0.1) is 12.4 Å². The number of nitrogens with one attached hydrogen (secondary N) is 1. The van der Waals surface area contributed by atoms with Gasteiger partial charge in [-0.05, 0) is 12.0 Å². The van der Waals surface area contributed by atoms with Gasteiger partial charge in [0.15, 0.2) is 6.10 Å². The third-order valence-electron chi connectivity index (χ3n) is 4.33. The average Bonchev–Trinajstić information content (AvgIpc) is 3.15. The Morgan fingerprint density at radius 2 is 2.16 bits per heavy atom. The summed E-state index contributed by atoms with van der Waals surface area (Å²) in [5.74, 6) is -0.322. The van der Waals surface area contributed by atoms with Gasteiger partial charge in [-0.1, -0.05) is 30.3 Å². The number of morpholine rings is 1. The highest BCUT2D eigenvalue weighted by molar-refractivity contribution is 5.86. The van der Waals surface area contributed by atoms with Crippen molar-refractivity contribution in [3.8, 4) is 0 Å². The van der Waals surface area contributed by atoms with Crippen molar-refractivity contribution in [2.75, 3.05) is 20.2 Å². The van der Waals surface area contributed by atoms with Crippen LogP contribution >= 0.6 is 0 Å². The Labute approximate surface area is 146 Å². The van der Waals surface area contributed by atoms with Crippen molar-refractivity contribution in [3.05, 3.63) is 54.6 Å². The standard InChI is InChI=1S/C18H22N4O3/c1-21-15(23)12-25-17(16(21)14-6-3-2-4-7-14)18(24)20-8-5-10-22-11-9-19-13-22/h2-4,6-7,9,11,13,16-17H,5,8,10,12H2,1H3,(H,20,24)/t16-,17+/m0/s1. The van der Waals surface area contributed by atoms with Crippen molar-refractivity contribution in [3.63, 3.8) is 0 Å². The van der Waals surface area contributed by atoms with Crippen LogP contribution in [0, 0.1) is 0 Å². The monoisotopic (exact) mass is 342 g/mol. The Balaban J connectivity index is 1.61. The lowest BCUT2D eigenvalue weighted by atomic mass is 9.97. The van der Waals surface area contributed by atoms with Crippen LogP contribution in [-0.4, -0.2) is 52.6 Å². The number of hydrogen-bond donors (Lipinski definition) is 1. The lowest BCUT2D eigenvalue weighted by molar-refractivity contribution is -0.162. The number of carbonyl (C=O) groups excluding carboxylic acids is 2. The number of likely N-dealkylation sites (N-methyl/N-ethyl adjacent to an activating group) is 1. The first-order valence-electron chi connectivity index (χ1n) is 8.32. The van der Waals surface area contributed by atoms with Crippen LogP contribution in [0.5, 0.6) is 0 Å². The molecule has 0 radical (unpaired) electrons. The molecule has 1 aromatic carbocycles. The smallest absolute Gasteiger partial charge is 0.251 e. The zero-order valence-corrected chi connectivity index (χ0v) is 14.2. The van der Waals surface area contributed by atoms with E-state index in [4.69, 9.17) is 4.74 Å². The molecular formula is C18H22N4O3. The minimum Gasteiger partial charge on any atom is -0.356 e. The highest BCUT2D eigenvalue weighted by atomic mass is 16.5. The van der Waals surface area contributed by atoms with Gasteiger partial charge in [0.2, 0.25) is 5.91 Å². The second kappa shape index (κ2) is 7.94. The van der Waals surface area contributed by atoms with Crippen LogP contribution in [-0.2, 0) is 20.9 Å². The molecule has 2 amide bonds. The first-order chi connectivity index (χ1) is 12.2. The van der Waals surface area contributed by atoms with Crippen molar-refractivity contribution in [1.29, 1.82) is 0 Å². The van der Waals surface area contributed by atoms with E-state index in [1.54, 1.807) is 24.5 Å². The van der Waals surface area contributed by atoms with Crippen LogP contribution in [0.15, 0.2) is 49.1 Å². The van der Waals surface area contributed by atoms with E-state index in [-0.39, 0.29) is 18.4 Å². The maximum atomic E-state index is 12.6. The van der Waals surface area contributed by atoms with E-state index < -0.39 is 12.1 Å². The fraction of sp³-hybridized carbons (Fsp3) is 0.389. The Kier molecular flexibility index (Phi) is 5.45. The van der Waals surface area contributed by atoms with E-state index in [9.17, 15) is 9.59 Å². The number of rotatable bonds is 6. The molecule has 1 N–H and O–H groups in total. The van der Waals surface area contributed by atoms with Crippen molar-refractivity contribution >= 4 is 11.8 Å². The van der Waals surface area contributed by atoms with Gasteiger partial charge in [-0.2, -0.15) is 0 Å². The molecule has 1 aliphatic rings. The first-order valence-corrected chi connectivity index (χ1v) is 8.32. The van der Waals surface area contributed by atoms with Crippen LogP contribution in [0.1, 0.15) is 18.0 Å². The topological polar surface area (TPSA) is 76.5 Å². The summed E-state index contributed by atoms with van der Waals surface area (Å²) in [7, 11) is 1.71. The molecule has 0 unspecified atom stereocenters. The summed E-state index contributed by atoms with van der Waals surface area (Å²) >= 11 is 0. The van der Waals surface area contributed by atoms with E-state index in [1.165, 1.54) is 0 Å². The van der Waals surface area contributed by atoms with Crippen molar-refractivity contribution < 1.29 is 14.3 Å². The number of imidazole rings is 1. The molecule has 1 fully saturated rings. The number of hydrogen-bond acceptors (Lipinski definition) is 4. The van der Waals surface area contributed by atoms with Gasteiger partial charge in [-0.3, -0.25) is 9.59 Å². The molecule has 2 aromatic rings. The molecule has 1 aliphatic heterocycles. The lowest BCUT2D eigenvalue weighted by Gasteiger charge is -2.38. The highest BCUT2D eigenvalue weighted by Crippen LogP contribution is 2.28. The number of ether oxygens (including phenoxy) is 1. The second-order valence-electron chi connectivity index (χ2n) is 6.04. The van der Waals surface area contributed by atoms with Crippen LogP contribution < -0.4 is 5.32 Å². The van der Waals surface area contributed by atoms with Crippen LogP contribution in [0.4, 0.5) is 0 Å². The van der Waals surface area contributed by atoms with E-state index in [0.717, 1.165) is 18.5 Å². The van der Waals surface area contributed by atoms with Gasteiger partial charge >= 0.3 is 0 Å². The van der Waals surface area contributed by atoms with Crippen LogP contribution in [0.25, 0.3) is 0 Å². The quantitative estimate of drug-likeness (QED) is 0.794. The molecule has 1 aromatic heterocycles. The van der Waals surface area contributed by atoms with E-state index in [1.807, 2.05) is 41.1 Å². The molecule has 0 spiro atoms. The number of benzene rings is 1. The highest BCUT2D eigenvalue weighted by Gasteiger charge is 2.39. The third kappa shape index (κ3) is 4.06. The molecule has 0 aliphatic carbocycles. The normalized spacial score (nSPS) is 20.5. The molecule has 25 heavy (non-hydrogen) atoms. The predicted octanol–water partition coefficient (Wildman–Crippen LogP) is 0.988. The largest absolute Gasteiger partial charge is 0.356 e. The number of aryl methyl sites for hydroxylation is 1. The summed E-state index contributed by atoms with van der Waals surface area (Å²) in [6, 6.07) is 9.08. The molecule has 132 valence electrons. The van der Waals surface area contributed by atoms with Gasteiger partial charge in [-0.15, -0.1) is 0 Å². The summed E-state index contributed by atoms with van der Waals surface area (Å²) in [6.45, 7) is 1.25. The van der Waals surface area contributed by atoms with Crippen molar-refractivity contribution in [2.45, 2.75) is 25.1 Å². The Morgan fingerprint density at radius 1 is 1.36 bits per heavy atom. The van der Waals surface area contributed by atoms with E-state index >= 15 is 0 Å². The van der Waals surface area contributed by atoms with Crippen molar-refractivity contribution in [1.82, 2.24) is 19.8 Å². The Bertz CT molecular complexity index is 702. The van der Waals surface area contributed by atoms with E-state index in [2.05, 4.69) is 10.3 Å². The lowest BCUT2D eigenvalue weighted by Crippen LogP contribution is -2.53. The molecule has 1 saturated heterocycles. The Morgan fingerprint density at radius 3 is 2.88 bits per heavy atom. The average molecular weight is 342 g/mol. The molecule has 2 heterocycles. The number of carbonyl (C=O) groups is 2. The third-order valence-corrected chi connectivity index (χ3v) is 4.33. The zero-order valence-electron chi connectivity index (χ0n) is 14.2. The number of aromatic nitrogens is 2. The summed E-state index contributed by atoms with van der Waals surface area (Å²) in [4.78, 5) is 30.2. The van der Waals surface area contributed by atoms with Gasteiger partial charge < -0.3 is 19.5 Å². The van der Waals surface area contributed by atoms with Crippen LogP contribution in [0.2, 0.25) is 0 Å². The molecule has 7 heteroatoms. The number of amides is 2.